The average Bonchev–Trinajstić information content (AvgIpc) is 3.19. The summed E-state index contributed by atoms with van der Waals surface area (Å²) in [6, 6.07) is 12.9. The van der Waals surface area contributed by atoms with Crippen molar-refractivity contribution in [2.45, 2.75) is 24.9 Å². The summed E-state index contributed by atoms with van der Waals surface area (Å²) in [6.07, 6.45) is 1.08. The van der Waals surface area contributed by atoms with Crippen molar-refractivity contribution in [3.63, 3.8) is 0 Å². The zero-order valence-electron chi connectivity index (χ0n) is 18.2. The third-order valence-corrected chi connectivity index (χ3v) is 6.54. The first-order valence-electron chi connectivity index (χ1n) is 10.9. The Hall–Kier alpha value is -3.72. The highest BCUT2D eigenvalue weighted by molar-refractivity contribution is 5.97. The fourth-order valence-corrected chi connectivity index (χ4v) is 5.04. The third-order valence-electron chi connectivity index (χ3n) is 6.54. The van der Waals surface area contributed by atoms with E-state index in [4.69, 9.17) is 4.74 Å². The molecule has 9 nitrogen and oxygen atoms in total. The van der Waals surface area contributed by atoms with Crippen molar-refractivity contribution in [2.75, 3.05) is 26.8 Å². The lowest BCUT2D eigenvalue weighted by Crippen LogP contribution is -2.63. The van der Waals surface area contributed by atoms with E-state index in [1.807, 2.05) is 24.3 Å². The normalized spacial score (nSPS) is 20.2. The number of methoxy groups -OCH3 is 1. The number of ether oxygens (including phenoxy) is 1. The number of amides is 2. The second kappa shape index (κ2) is 8.32. The van der Waals surface area contributed by atoms with Crippen molar-refractivity contribution < 1.29 is 19.2 Å². The van der Waals surface area contributed by atoms with Crippen LogP contribution in [0.25, 0.3) is 10.9 Å². The molecular weight excluding hydrogens is 424 g/mol. The zero-order valence-corrected chi connectivity index (χ0v) is 18.2. The van der Waals surface area contributed by atoms with Gasteiger partial charge in [-0.25, -0.2) is 0 Å². The molecule has 0 spiro atoms. The number of carbonyl (C=O) groups excluding carboxylic acids is 2. The molecule has 2 aliphatic rings. The van der Waals surface area contributed by atoms with Gasteiger partial charge in [-0.15, -0.1) is 0 Å². The molecule has 0 bridgehead atoms. The van der Waals surface area contributed by atoms with Gasteiger partial charge in [0, 0.05) is 55.4 Å². The SMILES string of the molecule is COCCCN1CC(=O)N2C(Cc3c([nH]c4ccccc34)C2c2ccc([N+](=O)[O-])cc2)C1=O. The number of aromatic nitrogens is 1. The summed E-state index contributed by atoms with van der Waals surface area (Å²) >= 11 is 0. The first-order chi connectivity index (χ1) is 16.0. The number of nitrogens with one attached hydrogen (secondary N) is 1. The fourth-order valence-electron chi connectivity index (χ4n) is 5.04. The predicted molar refractivity (Wildman–Crippen MR) is 121 cm³/mol. The molecule has 5 rings (SSSR count). The summed E-state index contributed by atoms with van der Waals surface area (Å²) in [7, 11) is 1.61. The van der Waals surface area contributed by atoms with Gasteiger partial charge in [-0.1, -0.05) is 18.2 Å². The van der Waals surface area contributed by atoms with E-state index < -0.39 is 17.0 Å². The number of benzene rings is 2. The molecule has 9 heteroatoms. The van der Waals surface area contributed by atoms with Crippen LogP contribution in [0.3, 0.4) is 0 Å². The summed E-state index contributed by atoms with van der Waals surface area (Å²) in [6.45, 7) is 0.994. The van der Waals surface area contributed by atoms with Gasteiger partial charge in [0.1, 0.15) is 6.04 Å². The lowest BCUT2D eigenvalue weighted by molar-refractivity contribution is -0.384. The number of H-pyrrole nitrogens is 1. The third kappa shape index (κ3) is 3.54. The average molecular weight is 448 g/mol. The van der Waals surface area contributed by atoms with Gasteiger partial charge in [0.2, 0.25) is 11.8 Å². The number of nitro groups is 1. The lowest BCUT2D eigenvalue weighted by Gasteiger charge is -2.47. The van der Waals surface area contributed by atoms with Gasteiger partial charge in [-0.05, 0) is 35.7 Å². The Balaban J connectivity index is 1.60. The van der Waals surface area contributed by atoms with Gasteiger partial charge in [0.05, 0.1) is 17.5 Å². The van der Waals surface area contributed by atoms with Crippen molar-refractivity contribution >= 4 is 28.4 Å². The maximum absolute atomic E-state index is 13.5. The number of hydrogen-bond acceptors (Lipinski definition) is 5. The first-order valence-corrected chi connectivity index (χ1v) is 10.9. The molecule has 1 fully saturated rings. The topological polar surface area (TPSA) is 109 Å². The summed E-state index contributed by atoms with van der Waals surface area (Å²) in [5.74, 6) is -0.210. The summed E-state index contributed by atoms with van der Waals surface area (Å²) in [5, 5.41) is 12.2. The van der Waals surface area contributed by atoms with Gasteiger partial charge in [-0.2, -0.15) is 0 Å². The van der Waals surface area contributed by atoms with E-state index in [1.54, 1.807) is 29.0 Å². The predicted octanol–water partition coefficient (Wildman–Crippen LogP) is 2.80. The fraction of sp³-hybridized carbons (Fsp3) is 0.333. The number of nitrogens with zero attached hydrogens (tertiary/aromatic N) is 3. The van der Waals surface area contributed by atoms with Crippen LogP contribution in [0.15, 0.2) is 48.5 Å². The largest absolute Gasteiger partial charge is 0.385 e. The molecule has 2 unspecified atom stereocenters. The van der Waals surface area contributed by atoms with E-state index in [1.165, 1.54) is 12.1 Å². The van der Waals surface area contributed by atoms with Gasteiger partial charge < -0.3 is 19.5 Å². The number of fused-ring (bicyclic) bond motifs is 4. The molecular formula is C24H24N4O5. The number of rotatable bonds is 6. The smallest absolute Gasteiger partial charge is 0.269 e. The second-order valence-corrected chi connectivity index (χ2v) is 8.44. The number of non-ortho nitro benzene ring substituents is 1. The Kier molecular flexibility index (Phi) is 5.33. The highest BCUT2D eigenvalue weighted by Crippen LogP contribution is 2.42. The minimum atomic E-state index is -0.624. The monoisotopic (exact) mass is 448 g/mol. The van der Waals surface area contributed by atoms with Crippen molar-refractivity contribution in [1.29, 1.82) is 0 Å². The number of aromatic amines is 1. The number of hydrogen-bond donors (Lipinski definition) is 1. The van der Waals surface area contributed by atoms with Crippen molar-refractivity contribution in [1.82, 2.24) is 14.8 Å². The minimum absolute atomic E-state index is 0.0120. The zero-order chi connectivity index (χ0) is 23.1. The number of carbonyl (C=O) groups is 2. The molecule has 170 valence electrons. The van der Waals surface area contributed by atoms with E-state index >= 15 is 0 Å². The first kappa shape index (κ1) is 21.1. The minimum Gasteiger partial charge on any atom is -0.385 e. The molecule has 1 aromatic heterocycles. The van der Waals surface area contributed by atoms with E-state index in [0.717, 1.165) is 27.7 Å². The quantitative estimate of drug-likeness (QED) is 0.354. The van der Waals surface area contributed by atoms with Crippen LogP contribution in [-0.4, -0.2) is 64.4 Å². The molecule has 0 saturated carbocycles. The Morgan fingerprint density at radius 3 is 2.64 bits per heavy atom. The maximum atomic E-state index is 13.5. The standard InChI is InChI=1S/C24H24N4O5/c1-33-12-4-11-26-14-21(29)27-20(24(26)30)13-18-17-5-2-3-6-19(17)25-22(18)23(27)15-7-9-16(10-8-15)28(31)32/h2-3,5-10,20,23,25H,4,11-14H2,1H3. The van der Waals surface area contributed by atoms with E-state index in [0.29, 0.717) is 26.0 Å². The molecule has 2 aromatic carbocycles. The van der Waals surface area contributed by atoms with Crippen LogP contribution in [0.4, 0.5) is 5.69 Å². The Labute approximate surface area is 190 Å². The molecule has 33 heavy (non-hydrogen) atoms. The Morgan fingerprint density at radius 1 is 1.15 bits per heavy atom. The molecule has 2 amide bonds. The highest BCUT2D eigenvalue weighted by atomic mass is 16.6. The van der Waals surface area contributed by atoms with Crippen molar-refractivity contribution in [3.05, 3.63) is 75.5 Å². The van der Waals surface area contributed by atoms with Crippen LogP contribution in [0.1, 0.15) is 29.3 Å². The molecule has 0 radical (unpaired) electrons. The van der Waals surface area contributed by atoms with Gasteiger partial charge >= 0.3 is 0 Å². The van der Waals surface area contributed by atoms with Crippen LogP contribution in [-0.2, 0) is 20.7 Å². The van der Waals surface area contributed by atoms with Crippen LogP contribution < -0.4 is 0 Å². The van der Waals surface area contributed by atoms with Gasteiger partial charge in [0.15, 0.2) is 0 Å². The second-order valence-electron chi connectivity index (χ2n) is 8.44. The van der Waals surface area contributed by atoms with Crippen LogP contribution in [0.2, 0.25) is 0 Å². The Morgan fingerprint density at radius 2 is 1.91 bits per heavy atom. The van der Waals surface area contributed by atoms with Gasteiger partial charge in [-0.3, -0.25) is 19.7 Å². The Bertz CT molecular complexity index is 1240. The summed E-state index contributed by atoms with van der Waals surface area (Å²) in [4.78, 5) is 44.3. The van der Waals surface area contributed by atoms with E-state index in [9.17, 15) is 19.7 Å². The highest BCUT2D eigenvalue weighted by Gasteiger charge is 2.48. The summed E-state index contributed by atoms with van der Waals surface area (Å²) in [5.41, 5.74) is 3.51. The van der Waals surface area contributed by atoms with Crippen LogP contribution >= 0.6 is 0 Å². The molecule has 1 saturated heterocycles. The van der Waals surface area contributed by atoms with Crippen molar-refractivity contribution in [2.24, 2.45) is 0 Å². The van der Waals surface area contributed by atoms with E-state index in [2.05, 4.69) is 4.98 Å². The van der Waals surface area contributed by atoms with Gasteiger partial charge in [0.25, 0.3) is 5.69 Å². The number of nitro benzene ring substituents is 1. The van der Waals surface area contributed by atoms with Crippen molar-refractivity contribution in [3.8, 4) is 0 Å². The summed E-state index contributed by atoms with van der Waals surface area (Å²) < 4.78 is 5.10. The molecule has 0 aliphatic carbocycles. The molecule has 3 heterocycles. The van der Waals surface area contributed by atoms with E-state index in [-0.39, 0.29) is 24.0 Å². The number of para-hydroxylation sites is 1. The molecule has 2 aliphatic heterocycles. The lowest BCUT2D eigenvalue weighted by atomic mass is 9.86. The molecule has 1 N–H and O–H groups in total. The van der Waals surface area contributed by atoms with Crippen LogP contribution in [0, 0.1) is 10.1 Å². The maximum Gasteiger partial charge on any atom is 0.269 e. The molecule has 2 atom stereocenters. The van der Waals surface area contributed by atoms with Crippen LogP contribution in [0.5, 0.6) is 0 Å². The number of piperazine rings is 1. The molecule has 3 aromatic rings.